The fraction of sp³-hybridized carbons (Fsp3) is 0.400. The number of hydrogen-bond donors (Lipinski definition) is 2. The Balaban J connectivity index is 2.38. The van der Waals surface area contributed by atoms with E-state index in [1.165, 1.54) is 0 Å². The SMILES string of the molecule is CC(C)C(N)CNc1cc(=O)n(C)c2ccccc12. The Morgan fingerprint density at radius 2 is 2.00 bits per heavy atom. The molecule has 4 nitrogen and oxygen atoms in total. The van der Waals surface area contributed by atoms with Crippen molar-refractivity contribution < 1.29 is 0 Å². The molecular weight excluding hydrogens is 238 g/mol. The van der Waals surface area contributed by atoms with Gasteiger partial charge in [-0.15, -0.1) is 0 Å². The highest BCUT2D eigenvalue weighted by molar-refractivity contribution is 5.91. The minimum Gasteiger partial charge on any atom is -0.383 e. The lowest BCUT2D eigenvalue weighted by molar-refractivity contribution is 0.511. The number of aryl methyl sites for hydroxylation is 1. The molecule has 4 heteroatoms. The molecule has 1 heterocycles. The van der Waals surface area contributed by atoms with E-state index in [1.54, 1.807) is 17.7 Å². The highest BCUT2D eigenvalue weighted by Gasteiger charge is 2.10. The molecule has 0 spiro atoms. The fourth-order valence-electron chi connectivity index (χ4n) is 2.02. The Morgan fingerprint density at radius 1 is 1.32 bits per heavy atom. The van der Waals surface area contributed by atoms with E-state index in [9.17, 15) is 4.79 Å². The number of nitrogens with two attached hydrogens (primary N) is 1. The molecule has 0 aliphatic heterocycles. The Morgan fingerprint density at radius 3 is 2.68 bits per heavy atom. The summed E-state index contributed by atoms with van der Waals surface area (Å²) < 4.78 is 1.66. The maximum atomic E-state index is 11.9. The molecule has 1 unspecified atom stereocenters. The summed E-state index contributed by atoms with van der Waals surface area (Å²) in [5.41, 5.74) is 7.80. The number of aromatic nitrogens is 1. The van der Waals surface area contributed by atoms with Crippen molar-refractivity contribution in [3.8, 4) is 0 Å². The molecule has 0 saturated heterocycles. The summed E-state index contributed by atoms with van der Waals surface area (Å²) >= 11 is 0. The maximum Gasteiger partial charge on any atom is 0.252 e. The van der Waals surface area contributed by atoms with E-state index < -0.39 is 0 Å². The van der Waals surface area contributed by atoms with Gasteiger partial charge in [0, 0.05) is 36.8 Å². The lowest BCUT2D eigenvalue weighted by Crippen LogP contribution is -2.34. The monoisotopic (exact) mass is 259 g/mol. The zero-order chi connectivity index (χ0) is 14.0. The molecule has 0 saturated carbocycles. The molecule has 2 aromatic rings. The van der Waals surface area contributed by atoms with Gasteiger partial charge in [-0.05, 0) is 12.0 Å². The van der Waals surface area contributed by atoms with Gasteiger partial charge in [0.15, 0.2) is 0 Å². The van der Waals surface area contributed by atoms with Crippen molar-refractivity contribution in [2.75, 3.05) is 11.9 Å². The average Bonchev–Trinajstić information content (AvgIpc) is 2.40. The summed E-state index contributed by atoms with van der Waals surface area (Å²) in [4.78, 5) is 11.9. The molecule has 1 atom stereocenters. The van der Waals surface area contributed by atoms with E-state index in [0.717, 1.165) is 16.6 Å². The van der Waals surface area contributed by atoms with Crippen LogP contribution in [0.15, 0.2) is 35.1 Å². The zero-order valence-electron chi connectivity index (χ0n) is 11.7. The summed E-state index contributed by atoms with van der Waals surface area (Å²) in [5, 5.41) is 4.34. The van der Waals surface area contributed by atoms with Crippen LogP contribution in [0.5, 0.6) is 0 Å². The minimum atomic E-state index is -0.0145. The van der Waals surface area contributed by atoms with Crippen LogP contribution in [-0.2, 0) is 7.05 Å². The topological polar surface area (TPSA) is 60.0 Å². The second-order valence-electron chi connectivity index (χ2n) is 5.26. The van der Waals surface area contributed by atoms with Crippen LogP contribution < -0.4 is 16.6 Å². The average molecular weight is 259 g/mol. The van der Waals surface area contributed by atoms with Gasteiger partial charge in [-0.1, -0.05) is 32.0 Å². The normalized spacial score (nSPS) is 12.9. The van der Waals surface area contributed by atoms with Crippen LogP contribution in [0.1, 0.15) is 13.8 Å². The summed E-state index contributed by atoms with van der Waals surface area (Å²) in [5.74, 6) is 0.408. The second kappa shape index (κ2) is 5.45. The van der Waals surface area contributed by atoms with Crippen LogP contribution >= 0.6 is 0 Å². The van der Waals surface area contributed by atoms with Crippen LogP contribution in [0.25, 0.3) is 10.9 Å². The number of nitrogens with one attached hydrogen (secondary N) is 1. The summed E-state index contributed by atoms with van der Waals surface area (Å²) in [6.45, 7) is 4.85. The maximum absolute atomic E-state index is 11.9. The van der Waals surface area contributed by atoms with E-state index in [0.29, 0.717) is 12.5 Å². The van der Waals surface area contributed by atoms with Crippen molar-refractivity contribution in [1.29, 1.82) is 0 Å². The molecule has 2 rings (SSSR count). The zero-order valence-corrected chi connectivity index (χ0v) is 11.7. The minimum absolute atomic E-state index is 0.0145. The van der Waals surface area contributed by atoms with Gasteiger partial charge in [-0.3, -0.25) is 4.79 Å². The Kier molecular flexibility index (Phi) is 3.90. The van der Waals surface area contributed by atoms with E-state index >= 15 is 0 Å². The predicted octanol–water partition coefficient (Wildman–Crippen LogP) is 1.93. The summed E-state index contributed by atoms with van der Waals surface area (Å²) in [6.07, 6.45) is 0. The molecule has 19 heavy (non-hydrogen) atoms. The number of rotatable bonds is 4. The number of nitrogens with zero attached hydrogens (tertiary/aromatic N) is 1. The van der Waals surface area contributed by atoms with E-state index in [2.05, 4.69) is 19.2 Å². The third-order valence-electron chi connectivity index (χ3n) is 3.54. The van der Waals surface area contributed by atoms with Gasteiger partial charge >= 0.3 is 0 Å². The van der Waals surface area contributed by atoms with Crippen molar-refractivity contribution in [3.63, 3.8) is 0 Å². The van der Waals surface area contributed by atoms with Crippen molar-refractivity contribution in [2.45, 2.75) is 19.9 Å². The molecule has 0 bridgehead atoms. The van der Waals surface area contributed by atoms with Crippen molar-refractivity contribution in [3.05, 3.63) is 40.7 Å². The number of pyridine rings is 1. The van der Waals surface area contributed by atoms with Gasteiger partial charge in [-0.25, -0.2) is 0 Å². The quantitative estimate of drug-likeness (QED) is 0.882. The first-order valence-corrected chi connectivity index (χ1v) is 6.59. The van der Waals surface area contributed by atoms with E-state index in [-0.39, 0.29) is 11.6 Å². The number of fused-ring (bicyclic) bond motifs is 1. The van der Waals surface area contributed by atoms with E-state index in [4.69, 9.17) is 5.73 Å². The molecule has 0 aliphatic rings. The van der Waals surface area contributed by atoms with Gasteiger partial charge in [0.05, 0.1) is 5.52 Å². The van der Waals surface area contributed by atoms with Crippen LogP contribution in [0.3, 0.4) is 0 Å². The molecule has 0 aliphatic carbocycles. The van der Waals surface area contributed by atoms with Crippen LogP contribution in [0, 0.1) is 5.92 Å². The highest BCUT2D eigenvalue weighted by atomic mass is 16.1. The van der Waals surface area contributed by atoms with Crippen molar-refractivity contribution in [2.24, 2.45) is 18.7 Å². The molecular formula is C15H21N3O. The van der Waals surface area contributed by atoms with Crippen LogP contribution in [0.2, 0.25) is 0 Å². The molecule has 0 amide bonds. The molecule has 3 N–H and O–H groups in total. The summed E-state index contributed by atoms with van der Waals surface area (Å²) in [7, 11) is 1.79. The van der Waals surface area contributed by atoms with E-state index in [1.807, 2.05) is 24.3 Å². The van der Waals surface area contributed by atoms with Crippen LogP contribution in [-0.4, -0.2) is 17.2 Å². The lowest BCUT2D eigenvalue weighted by atomic mass is 10.1. The first-order valence-electron chi connectivity index (χ1n) is 6.59. The Labute approximate surface area is 113 Å². The Bertz CT molecular complexity index is 631. The van der Waals surface area contributed by atoms with Crippen LogP contribution in [0.4, 0.5) is 5.69 Å². The molecule has 102 valence electrons. The third-order valence-corrected chi connectivity index (χ3v) is 3.54. The molecule has 0 radical (unpaired) electrons. The summed E-state index contributed by atoms with van der Waals surface area (Å²) in [6, 6.07) is 9.58. The number of para-hydroxylation sites is 1. The highest BCUT2D eigenvalue weighted by Crippen LogP contribution is 2.20. The van der Waals surface area contributed by atoms with Gasteiger partial charge < -0.3 is 15.6 Å². The first kappa shape index (κ1) is 13.6. The van der Waals surface area contributed by atoms with Gasteiger partial charge in [0.1, 0.15) is 0 Å². The van der Waals surface area contributed by atoms with Gasteiger partial charge in [0.25, 0.3) is 5.56 Å². The fourth-order valence-corrected chi connectivity index (χ4v) is 2.02. The Hall–Kier alpha value is -1.81. The molecule has 0 fully saturated rings. The first-order chi connectivity index (χ1) is 9.00. The second-order valence-corrected chi connectivity index (χ2v) is 5.26. The molecule has 1 aromatic heterocycles. The smallest absolute Gasteiger partial charge is 0.252 e. The predicted molar refractivity (Wildman–Crippen MR) is 80.5 cm³/mol. The van der Waals surface area contributed by atoms with Gasteiger partial charge in [-0.2, -0.15) is 0 Å². The standard InChI is InChI=1S/C15H21N3O/c1-10(2)12(16)9-17-13-8-15(19)18(3)14-7-5-4-6-11(13)14/h4-8,10,12,17H,9,16H2,1-3H3. The lowest BCUT2D eigenvalue weighted by Gasteiger charge is -2.18. The van der Waals surface area contributed by atoms with Gasteiger partial charge in [0.2, 0.25) is 0 Å². The van der Waals surface area contributed by atoms with Crippen molar-refractivity contribution >= 4 is 16.6 Å². The third kappa shape index (κ3) is 2.79. The molecule has 1 aromatic carbocycles. The number of hydrogen-bond acceptors (Lipinski definition) is 3. The number of benzene rings is 1. The van der Waals surface area contributed by atoms with Crippen molar-refractivity contribution in [1.82, 2.24) is 4.57 Å². The largest absolute Gasteiger partial charge is 0.383 e. The number of anilines is 1.